The number of rotatable bonds is 1. The third-order valence-electron chi connectivity index (χ3n) is 1.49. The molecule has 0 unspecified atom stereocenters. The van der Waals surface area contributed by atoms with Gasteiger partial charge in [0.1, 0.15) is 0 Å². The average molecular weight is 255 g/mol. The van der Waals surface area contributed by atoms with Crippen molar-refractivity contribution in [2.75, 3.05) is 6.26 Å². The van der Waals surface area contributed by atoms with Gasteiger partial charge in [0.25, 0.3) is 0 Å². The zero-order valence-electron chi connectivity index (χ0n) is 7.39. The first-order valence-corrected chi connectivity index (χ1v) is 6.93. The van der Waals surface area contributed by atoms with Crippen molar-refractivity contribution in [2.24, 2.45) is 0 Å². The fraction of sp³-hybridized carbons (Fsp3) is 0.143. The van der Waals surface area contributed by atoms with Crippen LogP contribution >= 0.6 is 32.3 Å². The topological polar surface area (TPSA) is 73.2 Å². The molecule has 0 aromatic heterocycles. The Hall–Kier alpha value is -0.590. The van der Waals surface area contributed by atoms with Crippen molar-refractivity contribution in [2.45, 2.75) is 0 Å². The summed E-state index contributed by atoms with van der Waals surface area (Å²) in [6.45, 7) is 0. The van der Waals surface area contributed by atoms with E-state index in [2.05, 4.69) is 5.32 Å². The summed E-state index contributed by atoms with van der Waals surface area (Å²) >= 11 is 0. The second kappa shape index (κ2) is 5.33. The Labute approximate surface area is 93.5 Å². The minimum atomic E-state index is -1.53. The average Bonchev–Trinajstić information content (AvgIpc) is 2.51. The van der Waals surface area contributed by atoms with Gasteiger partial charge in [-0.25, -0.2) is 4.79 Å². The predicted octanol–water partition coefficient (Wildman–Crippen LogP) is 2.73. The molecule has 0 radical (unpaired) electrons. The standard InChI is InChI=1S/C7H10N2O2S2.ClH/c1-12-13(4-2-3-5-13)6(8)9-7(10)11;/h2-5H,1H3,(H2,8,9)(H,10,11);1H. The quantitative estimate of drug-likeness (QED) is 0.383. The van der Waals surface area contributed by atoms with Gasteiger partial charge in [-0.1, -0.05) is 21.2 Å². The molecule has 3 N–H and O–H groups in total. The number of carbonyl (C=O) groups is 1. The number of amides is 1. The van der Waals surface area contributed by atoms with Crippen molar-refractivity contribution in [3.63, 3.8) is 0 Å². The lowest BCUT2D eigenvalue weighted by atomic mass is 10.6. The van der Waals surface area contributed by atoms with E-state index in [4.69, 9.17) is 10.5 Å². The Morgan fingerprint density at radius 2 is 2.00 bits per heavy atom. The molecule has 0 fully saturated rings. The molecule has 14 heavy (non-hydrogen) atoms. The largest absolute Gasteiger partial charge is 0.465 e. The molecular weight excluding hydrogens is 244 g/mol. The van der Waals surface area contributed by atoms with Crippen LogP contribution in [0.2, 0.25) is 0 Å². The maximum Gasteiger partial charge on any atom is 0.410 e. The molecule has 1 aliphatic heterocycles. The fourth-order valence-electron chi connectivity index (χ4n) is 0.877. The molecule has 0 atom stereocenters. The van der Waals surface area contributed by atoms with Crippen molar-refractivity contribution in [1.29, 1.82) is 5.41 Å². The van der Waals surface area contributed by atoms with Crippen LogP contribution in [-0.2, 0) is 0 Å². The molecule has 1 amide bonds. The van der Waals surface area contributed by atoms with Crippen LogP contribution in [0.25, 0.3) is 0 Å². The molecule has 0 saturated heterocycles. The van der Waals surface area contributed by atoms with Crippen LogP contribution < -0.4 is 5.32 Å². The van der Waals surface area contributed by atoms with E-state index in [0.717, 1.165) is 0 Å². The minimum Gasteiger partial charge on any atom is -0.465 e. The van der Waals surface area contributed by atoms with Crippen molar-refractivity contribution in [1.82, 2.24) is 5.32 Å². The highest BCUT2D eigenvalue weighted by Crippen LogP contribution is 2.63. The molecule has 1 aliphatic rings. The van der Waals surface area contributed by atoms with Crippen LogP contribution in [0.4, 0.5) is 4.79 Å². The fourth-order valence-corrected chi connectivity index (χ4v) is 4.20. The lowest BCUT2D eigenvalue weighted by Crippen LogP contribution is -2.29. The molecule has 4 nitrogen and oxygen atoms in total. The van der Waals surface area contributed by atoms with E-state index in [9.17, 15) is 4.79 Å². The Balaban J connectivity index is 0.00000169. The molecule has 0 aliphatic carbocycles. The van der Waals surface area contributed by atoms with Gasteiger partial charge in [-0.2, -0.15) is 0 Å². The van der Waals surface area contributed by atoms with Gasteiger partial charge < -0.3 is 5.11 Å². The summed E-state index contributed by atoms with van der Waals surface area (Å²) < 4.78 is 0. The number of carboxylic acid groups (broad SMARTS) is 1. The SMILES string of the molecule is CSS1(C(=N)NC(=O)O)C=CC=C1.Cl. The lowest BCUT2D eigenvalue weighted by molar-refractivity contribution is 0.200. The van der Waals surface area contributed by atoms with Gasteiger partial charge in [0.15, 0.2) is 5.17 Å². The van der Waals surface area contributed by atoms with E-state index < -0.39 is 15.2 Å². The Kier molecular flexibility index (Phi) is 5.11. The molecule has 0 bridgehead atoms. The maximum atomic E-state index is 10.3. The van der Waals surface area contributed by atoms with Crippen LogP contribution in [0, 0.1) is 5.41 Å². The summed E-state index contributed by atoms with van der Waals surface area (Å²) in [4.78, 5) is 10.3. The summed E-state index contributed by atoms with van der Waals surface area (Å²) in [7, 11) is -0.0366. The number of nitrogens with one attached hydrogen (secondary N) is 2. The zero-order chi connectivity index (χ0) is 9.90. The molecule has 1 rings (SSSR count). The first-order chi connectivity index (χ1) is 6.10. The number of hydrogen-bond acceptors (Lipinski definition) is 3. The summed E-state index contributed by atoms with van der Waals surface area (Å²) in [6.07, 6.45) is 4.36. The summed E-state index contributed by atoms with van der Waals surface area (Å²) in [6, 6.07) is 0. The summed E-state index contributed by atoms with van der Waals surface area (Å²) in [5, 5.41) is 21.9. The van der Waals surface area contributed by atoms with E-state index in [1.54, 1.807) is 0 Å². The van der Waals surface area contributed by atoms with E-state index in [1.807, 2.05) is 29.2 Å². The van der Waals surface area contributed by atoms with Gasteiger partial charge >= 0.3 is 6.09 Å². The second-order valence-corrected chi connectivity index (χ2v) is 7.47. The van der Waals surface area contributed by atoms with Crippen LogP contribution in [0.5, 0.6) is 0 Å². The van der Waals surface area contributed by atoms with Crippen LogP contribution in [0.3, 0.4) is 0 Å². The zero-order valence-corrected chi connectivity index (χ0v) is 9.84. The summed E-state index contributed by atoms with van der Waals surface area (Å²) in [5.74, 6) is 0. The van der Waals surface area contributed by atoms with Crippen LogP contribution in [0.15, 0.2) is 23.0 Å². The highest BCUT2D eigenvalue weighted by atomic mass is 35.5. The van der Waals surface area contributed by atoms with E-state index in [-0.39, 0.29) is 17.6 Å². The number of hydrogen-bond donors (Lipinski definition) is 3. The van der Waals surface area contributed by atoms with Crippen LogP contribution in [-0.4, -0.2) is 22.6 Å². The first kappa shape index (κ1) is 13.4. The Morgan fingerprint density at radius 3 is 2.36 bits per heavy atom. The van der Waals surface area contributed by atoms with Gasteiger partial charge in [0.05, 0.1) is 0 Å². The van der Waals surface area contributed by atoms with Crippen molar-refractivity contribution < 1.29 is 9.90 Å². The molecule has 80 valence electrons. The number of halogens is 1. The normalized spacial score (nSPS) is 18.4. The molecule has 0 aromatic carbocycles. The second-order valence-electron chi connectivity index (χ2n) is 2.23. The van der Waals surface area contributed by atoms with Crippen molar-refractivity contribution >= 4 is 43.5 Å². The first-order valence-electron chi connectivity index (χ1n) is 3.43. The third-order valence-corrected chi connectivity index (χ3v) is 6.72. The Bertz CT molecular complexity index is 292. The molecule has 7 heteroatoms. The van der Waals surface area contributed by atoms with Crippen molar-refractivity contribution in [3.05, 3.63) is 23.0 Å². The third kappa shape index (κ3) is 2.70. The monoisotopic (exact) mass is 254 g/mol. The van der Waals surface area contributed by atoms with Gasteiger partial charge in [-0.3, -0.25) is 10.7 Å². The smallest absolute Gasteiger partial charge is 0.410 e. The van der Waals surface area contributed by atoms with E-state index in [0.29, 0.717) is 0 Å². The highest BCUT2D eigenvalue weighted by molar-refractivity contribution is 9.02. The Morgan fingerprint density at radius 1 is 1.50 bits per heavy atom. The van der Waals surface area contributed by atoms with E-state index in [1.165, 1.54) is 10.8 Å². The molecule has 0 saturated carbocycles. The highest BCUT2D eigenvalue weighted by Gasteiger charge is 2.26. The van der Waals surface area contributed by atoms with E-state index >= 15 is 0 Å². The lowest BCUT2D eigenvalue weighted by Gasteiger charge is -2.28. The molecule has 0 aromatic rings. The number of amidine groups is 1. The molecular formula is C7H11ClN2O2S2. The molecule has 1 heterocycles. The van der Waals surface area contributed by atoms with Gasteiger partial charge in [0.2, 0.25) is 0 Å². The summed E-state index contributed by atoms with van der Waals surface area (Å²) in [5.41, 5.74) is 0. The van der Waals surface area contributed by atoms with Crippen molar-refractivity contribution in [3.8, 4) is 0 Å². The van der Waals surface area contributed by atoms with Crippen LogP contribution in [0.1, 0.15) is 0 Å². The maximum absolute atomic E-state index is 10.3. The molecule has 0 spiro atoms. The number of allylic oxidation sites excluding steroid dienone is 2. The minimum absolute atomic E-state index is 0. The van der Waals surface area contributed by atoms with Gasteiger partial charge in [-0.05, 0) is 17.1 Å². The van der Waals surface area contributed by atoms with Gasteiger partial charge in [0, 0.05) is 0 Å². The predicted molar refractivity (Wildman–Crippen MR) is 65.5 cm³/mol. The van der Waals surface area contributed by atoms with Gasteiger partial charge in [-0.15, -0.1) is 23.2 Å².